The predicted molar refractivity (Wildman–Crippen MR) is 81.2 cm³/mol. The summed E-state index contributed by atoms with van der Waals surface area (Å²) in [6, 6.07) is 6.05. The van der Waals surface area contributed by atoms with Gasteiger partial charge in [-0.3, -0.25) is 0 Å². The molecule has 1 aromatic heterocycles. The average molecular weight is 350 g/mol. The van der Waals surface area contributed by atoms with Crippen LogP contribution in [0.15, 0.2) is 30.5 Å². The van der Waals surface area contributed by atoms with Crippen LogP contribution in [0.25, 0.3) is 0 Å². The molecular weight excluding hydrogens is 337 g/mol. The lowest BCUT2D eigenvalue weighted by Crippen LogP contribution is -2.11. The molecule has 1 aromatic carbocycles. The number of nitrogens with zero attached hydrogens (tertiary/aromatic N) is 2. The van der Waals surface area contributed by atoms with Crippen LogP contribution in [-0.2, 0) is 10.9 Å². The molecule has 0 aliphatic heterocycles. The highest BCUT2D eigenvalue weighted by Gasteiger charge is 2.31. The Hall–Kier alpha value is -3.08. The summed E-state index contributed by atoms with van der Waals surface area (Å²) in [5, 5.41) is 9.03. The summed E-state index contributed by atoms with van der Waals surface area (Å²) < 4.78 is 48.7. The van der Waals surface area contributed by atoms with Crippen molar-refractivity contribution in [3.05, 3.63) is 52.8 Å². The van der Waals surface area contributed by atoms with Crippen molar-refractivity contribution in [3.63, 3.8) is 0 Å². The van der Waals surface area contributed by atoms with E-state index in [1.54, 1.807) is 6.92 Å². The van der Waals surface area contributed by atoms with Crippen molar-refractivity contribution in [2.45, 2.75) is 20.0 Å². The van der Waals surface area contributed by atoms with E-state index in [-0.39, 0.29) is 34.9 Å². The Bertz CT molecular complexity index is 842. The van der Waals surface area contributed by atoms with Crippen molar-refractivity contribution < 1.29 is 27.4 Å². The highest BCUT2D eigenvalue weighted by molar-refractivity contribution is 5.94. The molecule has 130 valence electrons. The third-order valence-corrected chi connectivity index (χ3v) is 3.26. The van der Waals surface area contributed by atoms with Crippen LogP contribution in [0, 0.1) is 18.3 Å². The van der Waals surface area contributed by atoms with Crippen LogP contribution >= 0.6 is 0 Å². The quantitative estimate of drug-likeness (QED) is 0.771. The summed E-state index contributed by atoms with van der Waals surface area (Å²) in [5.74, 6) is -0.957. The molecule has 0 aliphatic carbocycles. The Kier molecular flexibility index (Phi) is 5.27. The standard InChI is InChI=1S/C17H13F3N2O3/c1-3-24-16(23)15-10(2)13(8-21)22-9-14(15)25-12-6-4-5-11(7-12)17(18,19)20/h4-7,9H,3H2,1-2H3. The molecule has 5 nitrogen and oxygen atoms in total. The molecule has 0 N–H and O–H groups in total. The maximum atomic E-state index is 12.8. The van der Waals surface area contributed by atoms with Gasteiger partial charge >= 0.3 is 12.1 Å². The van der Waals surface area contributed by atoms with Crippen molar-refractivity contribution >= 4 is 5.97 Å². The molecule has 0 aliphatic rings. The van der Waals surface area contributed by atoms with Gasteiger partial charge in [-0.2, -0.15) is 18.4 Å². The minimum atomic E-state index is -4.53. The van der Waals surface area contributed by atoms with Crippen LogP contribution in [0.1, 0.15) is 34.1 Å². The number of carbonyl (C=O) groups excluding carboxylic acids is 1. The fourth-order valence-corrected chi connectivity index (χ4v) is 2.10. The minimum Gasteiger partial charge on any atom is -0.462 e. The molecule has 25 heavy (non-hydrogen) atoms. The highest BCUT2D eigenvalue weighted by Crippen LogP contribution is 2.34. The lowest BCUT2D eigenvalue weighted by Gasteiger charge is -2.14. The zero-order valence-corrected chi connectivity index (χ0v) is 13.3. The van der Waals surface area contributed by atoms with Crippen LogP contribution in [0.5, 0.6) is 11.5 Å². The highest BCUT2D eigenvalue weighted by atomic mass is 19.4. The molecule has 8 heteroatoms. The van der Waals surface area contributed by atoms with Gasteiger partial charge in [0.15, 0.2) is 5.75 Å². The topological polar surface area (TPSA) is 72.2 Å². The van der Waals surface area contributed by atoms with E-state index in [9.17, 15) is 18.0 Å². The Labute approximate surface area is 141 Å². The van der Waals surface area contributed by atoms with Crippen LogP contribution < -0.4 is 4.74 Å². The molecule has 2 rings (SSSR count). The number of carbonyl (C=O) groups is 1. The smallest absolute Gasteiger partial charge is 0.416 e. The van der Waals surface area contributed by atoms with Gasteiger partial charge in [0.05, 0.1) is 18.4 Å². The van der Waals surface area contributed by atoms with Crippen LogP contribution in [0.2, 0.25) is 0 Å². The number of pyridine rings is 1. The van der Waals surface area contributed by atoms with Gasteiger partial charge < -0.3 is 9.47 Å². The van der Waals surface area contributed by atoms with Gasteiger partial charge in [-0.1, -0.05) is 6.07 Å². The predicted octanol–water partition coefficient (Wildman–Crippen LogP) is 4.25. The second-order valence-electron chi connectivity index (χ2n) is 4.93. The number of nitriles is 1. The summed E-state index contributed by atoms with van der Waals surface area (Å²) in [6.45, 7) is 3.18. The third kappa shape index (κ3) is 4.07. The normalized spacial score (nSPS) is 10.9. The van der Waals surface area contributed by atoms with Gasteiger partial charge in [-0.05, 0) is 32.0 Å². The van der Waals surface area contributed by atoms with E-state index in [0.717, 1.165) is 18.3 Å². The number of rotatable bonds is 4. The summed E-state index contributed by atoms with van der Waals surface area (Å²) in [6.07, 6.45) is -3.42. The fourth-order valence-electron chi connectivity index (χ4n) is 2.10. The molecule has 0 atom stereocenters. The lowest BCUT2D eigenvalue weighted by molar-refractivity contribution is -0.137. The molecule has 0 amide bonds. The molecule has 0 bridgehead atoms. The number of alkyl halides is 3. The summed E-state index contributed by atoms with van der Waals surface area (Å²) in [4.78, 5) is 16.0. The zero-order chi connectivity index (χ0) is 18.6. The monoisotopic (exact) mass is 350 g/mol. The van der Waals surface area contributed by atoms with Gasteiger partial charge in [0.2, 0.25) is 0 Å². The van der Waals surface area contributed by atoms with Crippen molar-refractivity contribution in [2.75, 3.05) is 6.61 Å². The molecule has 0 saturated heterocycles. The molecule has 2 aromatic rings. The van der Waals surface area contributed by atoms with Crippen LogP contribution in [0.4, 0.5) is 13.2 Å². The first-order chi connectivity index (χ1) is 11.8. The molecule has 0 fully saturated rings. The number of halogens is 3. The van der Waals surface area contributed by atoms with Crippen LogP contribution in [0.3, 0.4) is 0 Å². The number of hydrogen-bond donors (Lipinski definition) is 0. The molecule has 1 heterocycles. The maximum absolute atomic E-state index is 12.8. The first kappa shape index (κ1) is 18.3. The van der Waals surface area contributed by atoms with Gasteiger partial charge in [0.25, 0.3) is 0 Å². The van der Waals surface area contributed by atoms with E-state index >= 15 is 0 Å². The fraction of sp³-hybridized carbons (Fsp3) is 0.235. The van der Waals surface area contributed by atoms with E-state index in [2.05, 4.69) is 4.98 Å². The number of esters is 1. The van der Waals surface area contributed by atoms with Crippen molar-refractivity contribution in [2.24, 2.45) is 0 Å². The zero-order valence-electron chi connectivity index (χ0n) is 13.3. The lowest BCUT2D eigenvalue weighted by atomic mass is 10.1. The van der Waals surface area contributed by atoms with Crippen molar-refractivity contribution in [1.29, 1.82) is 5.26 Å². The first-order valence-electron chi connectivity index (χ1n) is 7.19. The largest absolute Gasteiger partial charge is 0.462 e. The number of aromatic nitrogens is 1. The first-order valence-corrected chi connectivity index (χ1v) is 7.19. The van der Waals surface area contributed by atoms with Crippen molar-refractivity contribution in [3.8, 4) is 17.6 Å². The van der Waals surface area contributed by atoms with E-state index in [1.165, 1.54) is 19.1 Å². The Morgan fingerprint density at radius 2 is 2.08 bits per heavy atom. The maximum Gasteiger partial charge on any atom is 0.416 e. The Balaban J connectivity index is 2.48. The summed E-state index contributed by atoms with van der Waals surface area (Å²) in [5.41, 5.74) is -0.711. The Morgan fingerprint density at radius 3 is 2.68 bits per heavy atom. The van der Waals surface area contributed by atoms with Gasteiger partial charge in [0, 0.05) is 5.56 Å². The van der Waals surface area contributed by atoms with Gasteiger partial charge in [0.1, 0.15) is 23.1 Å². The SMILES string of the molecule is CCOC(=O)c1c(Oc2cccc(C(F)(F)F)c2)cnc(C#N)c1C. The molecule has 0 radical (unpaired) electrons. The van der Waals surface area contributed by atoms with Crippen molar-refractivity contribution in [1.82, 2.24) is 4.98 Å². The average Bonchev–Trinajstić information content (AvgIpc) is 2.55. The summed E-state index contributed by atoms with van der Waals surface area (Å²) >= 11 is 0. The Morgan fingerprint density at radius 1 is 1.36 bits per heavy atom. The van der Waals surface area contributed by atoms with Gasteiger partial charge in [-0.25, -0.2) is 9.78 Å². The molecule has 0 unspecified atom stereocenters. The van der Waals surface area contributed by atoms with E-state index in [1.807, 2.05) is 6.07 Å². The second-order valence-corrected chi connectivity index (χ2v) is 4.93. The number of ether oxygens (including phenoxy) is 2. The second kappa shape index (κ2) is 7.21. The third-order valence-electron chi connectivity index (χ3n) is 3.26. The number of hydrogen-bond acceptors (Lipinski definition) is 5. The molecular formula is C17H13F3N2O3. The van der Waals surface area contributed by atoms with E-state index < -0.39 is 17.7 Å². The summed E-state index contributed by atoms with van der Waals surface area (Å²) in [7, 11) is 0. The van der Waals surface area contributed by atoms with E-state index in [0.29, 0.717) is 0 Å². The minimum absolute atomic E-state index is 0.000514. The number of benzene rings is 1. The van der Waals surface area contributed by atoms with E-state index in [4.69, 9.17) is 14.7 Å². The molecule has 0 saturated carbocycles. The van der Waals surface area contributed by atoms with Gasteiger partial charge in [-0.15, -0.1) is 0 Å². The molecule has 0 spiro atoms. The van der Waals surface area contributed by atoms with Crippen LogP contribution in [-0.4, -0.2) is 17.6 Å².